The van der Waals surface area contributed by atoms with E-state index in [9.17, 15) is 18.4 Å². The highest BCUT2D eigenvalue weighted by Gasteiger charge is 2.22. The molecular formula is C19H19F2N3O2. The Kier molecular flexibility index (Phi) is 5.16. The minimum atomic E-state index is -0.829. The number of rotatable bonds is 5. The normalized spacial score (nSPS) is 15.0. The Morgan fingerprint density at radius 3 is 2.35 bits per heavy atom. The van der Waals surface area contributed by atoms with Crippen LogP contribution < -0.4 is 15.5 Å². The van der Waals surface area contributed by atoms with Gasteiger partial charge in [-0.25, -0.2) is 8.78 Å². The molecule has 0 bridgehead atoms. The molecule has 0 saturated carbocycles. The van der Waals surface area contributed by atoms with Crippen LogP contribution in [-0.4, -0.2) is 24.4 Å². The topological polar surface area (TPSA) is 61.4 Å². The van der Waals surface area contributed by atoms with E-state index >= 15 is 0 Å². The molecule has 0 radical (unpaired) electrons. The third kappa shape index (κ3) is 3.82. The molecule has 2 N–H and O–H groups in total. The number of benzene rings is 2. The molecule has 2 aromatic rings. The van der Waals surface area contributed by atoms with E-state index in [-0.39, 0.29) is 5.91 Å². The number of amides is 2. The van der Waals surface area contributed by atoms with E-state index in [2.05, 4.69) is 10.6 Å². The summed E-state index contributed by atoms with van der Waals surface area (Å²) in [7, 11) is 0. The van der Waals surface area contributed by atoms with E-state index in [1.54, 1.807) is 36.1 Å². The van der Waals surface area contributed by atoms with Crippen LogP contribution in [0.4, 0.5) is 25.8 Å². The molecule has 0 aliphatic carbocycles. The van der Waals surface area contributed by atoms with Gasteiger partial charge in [0, 0.05) is 24.3 Å². The summed E-state index contributed by atoms with van der Waals surface area (Å²) in [6.45, 7) is 2.30. The third-order valence-corrected chi connectivity index (χ3v) is 4.24. The molecule has 0 unspecified atom stereocenters. The zero-order valence-corrected chi connectivity index (χ0v) is 14.3. The standard InChI is InChI=1S/C19H19F2N3O2/c1-12(19(26)23-18-15(20)4-2-5-16(18)21)22-13-7-9-14(10-8-13)24-11-3-6-17(24)25/h2,4-5,7-10,12,22H,3,6,11H2,1H3,(H,23,26)/t12-/m0/s1. The smallest absolute Gasteiger partial charge is 0.246 e. The second-order valence-corrected chi connectivity index (χ2v) is 6.15. The number of carbonyl (C=O) groups is 2. The van der Waals surface area contributed by atoms with Crippen LogP contribution in [0.25, 0.3) is 0 Å². The fourth-order valence-electron chi connectivity index (χ4n) is 2.82. The summed E-state index contributed by atoms with van der Waals surface area (Å²) < 4.78 is 27.2. The van der Waals surface area contributed by atoms with Gasteiger partial charge in [0.1, 0.15) is 23.4 Å². The maximum Gasteiger partial charge on any atom is 0.246 e. The first-order valence-corrected chi connectivity index (χ1v) is 8.37. The molecule has 2 amide bonds. The van der Waals surface area contributed by atoms with Gasteiger partial charge < -0.3 is 15.5 Å². The van der Waals surface area contributed by atoms with Crippen molar-refractivity contribution in [2.75, 3.05) is 22.1 Å². The highest BCUT2D eigenvalue weighted by molar-refractivity contribution is 5.97. The van der Waals surface area contributed by atoms with Crippen molar-refractivity contribution in [2.24, 2.45) is 0 Å². The Hall–Kier alpha value is -2.96. The number of para-hydroxylation sites is 1. The number of halogens is 2. The molecule has 0 spiro atoms. The molecule has 5 nitrogen and oxygen atoms in total. The number of nitrogens with zero attached hydrogens (tertiary/aromatic N) is 1. The second kappa shape index (κ2) is 7.51. The van der Waals surface area contributed by atoms with Gasteiger partial charge in [-0.05, 0) is 49.7 Å². The van der Waals surface area contributed by atoms with E-state index in [0.29, 0.717) is 18.7 Å². The van der Waals surface area contributed by atoms with Crippen molar-refractivity contribution >= 4 is 28.9 Å². The van der Waals surface area contributed by atoms with Crippen LogP contribution in [0.5, 0.6) is 0 Å². The van der Waals surface area contributed by atoms with Gasteiger partial charge in [0.2, 0.25) is 11.8 Å². The number of hydrogen-bond donors (Lipinski definition) is 2. The highest BCUT2D eigenvalue weighted by Crippen LogP contribution is 2.23. The summed E-state index contributed by atoms with van der Waals surface area (Å²) in [6.07, 6.45) is 1.41. The van der Waals surface area contributed by atoms with Gasteiger partial charge in [-0.3, -0.25) is 9.59 Å². The van der Waals surface area contributed by atoms with Gasteiger partial charge in [0.15, 0.2) is 0 Å². The van der Waals surface area contributed by atoms with E-state index < -0.39 is 29.3 Å². The molecule has 136 valence electrons. The van der Waals surface area contributed by atoms with Gasteiger partial charge >= 0.3 is 0 Å². The lowest BCUT2D eigenvalue weighted by molar-refractivity contribution is -0.117. The van der Waals surface area contributed by atoms with Crippen LogP contribution in [0.1, 0.15) is 19.8 Å². The molecule has 1 fully saturated rings. The first-order chi connectivity index (χ1) is 12.5. The maximum atomic E-state index is 13.6. The lowest BCUT2D eigenvalue weighted by Gasteiger charge is -2.18. The lowest BCUT2D eigenvalue weighted by Crippen LogP contribution is -2.32. The van der Waals surface area contributed by atoms with Crippen LogP contribution in [0.2, 0.25) is 0 Å². The third-order valence-electron chi connectivity index (χ3n) is 4.24. The van der Waals surface area contributed by atoms with Crippen LogP contribution >= 0.6 is 0 Å². The SMILES string of the molecule is C[C@H](Nc1ccc(N2CCCC2=O)cc1)C(=O)Nc1c(F)cccc1F. The average Bonchev–Trinajstić information content (AvgIpc) is 3.05. The minimum absolute atomic E-state index is 0.102. The van der Waals surface area contributed by atoms with Gasteiger partial charge in [-0.1, -0.05) is 6.07 Å². The molecule has 1 saturated heterocycles. The monoisotopic (exact) mass is 359 g/mol. The first-order valence-electron chi connectivity index (χ1n) is 8.37. The average molecular weight is 359 g/mol. The molecular weight excluding hydrogens is 340 g/mol. The zero-order chi connectivity index (χ0) is 18.7. The van der Waals surface area contributed by atoms with Crippen molar-refractivity contribution in [3.63, 3.8) is 0 Å². The zero-order valence-electron chi connectivity index (χ0n) is 14.3. The lowest BCUT2D eigenvalue weighted by atomic mass is 10.2. The highest BCUT2D eigenvalue weighted by atomic mass is 19.1. The number of hydrogen-bond acceptors (Lipinski definition) is 3. The Bertz CT molecular complexity index is 804. The van der Waals surface area contributed by atoms with Gasteiger partial charge in [-0.15, -0.1) is 0 Å². The van der Waals surface area contributed by atoms with E-state index in [1.165, 1.54) is 6.07 Å². The number of nitrogens with one attached hydrogen (secondary N) is 2. The van der Waals surface area contributed by atoms with Gasteiger partial charge in [0.05, 0.1) is 0 Å². The van der Waals surface area contributed by atoms with Crippen LogP contribution in [0.3, 0.4) is 0 Å². The fraction of sp³-hybridized carbons (Fsp3) is 0.263. The predicted molar refractivity (Wildman–Crippen MR) is 96.1 cm³/mol. The summed E-state index contributed by atoms with van der Waals surface area (Å²) >= 11 is 0. The molecule has 3 rings (SSSR count). The predicted octanol–water partition coefficient (Wildman–Crippen LogP) is 3.53. The molecule has 2 aromatic carbocycles. The molecule has 1 atom stereocenters. The molecule has 1 heterocycles. The molecule has 0 aromatic heterocycles. The van der Waals surface area contributed by atoms with Crippen molar-refractivity contribution in [1.82, 2.24) is 0 Å². The Labute approximate surface area is 150 Å². The van der Waals surface area contributed by atoms with Crippen LogP contribution in [0, 0.1) is 11.6 Å². The Balaban J connectivity index is 1.63. The summed E-state index contributed by atoms with van der Waals surface area (Å²) in [4.78, 5) is 25.7. The Morgan fingerprint density at radius 1 is 1.12 bits per heavy atom. The quantitative estimate of drug-likeness (QED) is 0.859. The summed E-state index contributed by atoms with van der Waals surface area (Å²) in [5.74, 6) is -2.12. The van der Waals surface area contributed by atoms with E-state index in [1.807, 2.05) is 0 Å². The fourth-order valence-corrected chi connectivity index (χ4v) is 2.82. The van der Waals surface area contributed by atoms with Gasteiger partial charge in [0.25, 0.3) is 0 Å². The Morgan fingerprint density at radius 2 is 1.77 bits per heavy atom. The molecule has 1 aliphatic heterocycles. The summed E-state index contributed by atoms with van der Waals surface area (Å²) in [6, 6.07) is 9.79. The summed E-state index contributed by atoms with van der Waals surface area (Å²) in [5.41, 5.74) is 1.01. The molecule has 1 aliphatic rings. The summed E-state index contributed by atoms with van der Waals surface area (Å²) in [5, 5.41) is 5.23. The van der Waals surface area contributed by atoms with Crippen molar-refractivity contribution < 1.29 is 18.4 Å². The first kappa shape index (κ1) is 17.8. The van der Waals surface area contributed by atoms with Crippen molar-refractivity contribution in [3.8, 4) is 0 Å². The largest absolute Gasteiger partial charge is 0.374 e. The van der Waals surface area contributed by atoms with E-state index in [4.69, 9.17) is 0 Å². The maximum absolute atomic E-state index is 13.6. The second-order valence-electron chi connectivity index (χ2n) is 6.15. The van der Waals surface area contributed by atoms with Crippen molar-refractivity contribution in [2.45, 2.75) is 25.8 Å². The minimum Gasteiger partial charge on any atom is -0.374 e. The van der Waals surface area contributed by atoms with Crippen molar-refractivity contribution in [1.29, 1.82) is 0 Å². The van der Waals surface area contributed by atoms with Gasteiger partial charge in [-0.2, -0.15) is 0 Å². The van der Waals surface area contributed by atoms with Crippen LogP contribution in [-0.2, 0) is 9.59 Å². The van der Waals surface area contributed by atoms with Crippen molar-refractivity contribution in [3.05, 3.63) is 54.1 Å². The van der Waals surface area contributed by atoms with Crippen LogP contribution in [0.15, 0.2) is 42.5 Å². The number of carbonyl (C=O) groups excluding carboxylic acids is 2. The number of anilines is 3. The molecule has 26 heavy (non-hydrogen) atoms. The molecule has 7 heteroatoms. The van der Waals surface area contributed by atoms with E-state index in [0.717, 1.165) is 24.2 Å².